The Balaban J connectivity index is 1.07. The van der Waals surface area contributed by atoms with Gasteiger partial charge in [-0.15, -0.1) is 0 Å². The summed E-state index contributed by atoms with van der Waals surface area (Å²) in [5.41, 5.74) is 24.2. The summed E-state index contributed by atoms with van der Waals surface area (Å²) in [5, 5.41) is 2.57. The van der Waals surface area contributed by atoms with Crippen LogP contribution in [-0.4, -0.2) is 0 Å². The van der Waals surface area contributed by atoms with Crippen molar-refractivity contribution in [1.29, 1.82) is 0 Å². The number of hydrogen-bond donors (Lipinski definition) is 0. The fourth-order valence-electron chi connectivity index (χ4n) is 11.9. The average molecular weight is 932 g/mol. The zero-order valence-corrected chi connectivity index (χ0v) is 45.7. The van der Waals surface area contributed by atoms with Gasteiger partial charge in [0.1, 0.15) is 0 Å². The molecule has 2 aliphatic carbocycles. The number of rotatable bonds is 7. The van der Waals surface area contributed by atoms with Crippen LogP contribution in [0, 0.1) is 0 Å². The molecule has 0 radical (unpaired) electrons. The molecule has 0 aliphatic heterocycles. The molecule has 1 nitrogen and oxygen atoms in total. The first-order chi connectivity index (χ1) is 33.2. The van der Waals surface area contributed by atoms with Gasteiger partial charge >= 0.3 is 0 Å². The molecular formula is C70H77N. The van der Waals surface area contributed by atoms with Crippen molar-refractivity contribution in [2.24, 2.45) is 0 Å². The molecule has 71 heavy (non-hydrogen) atoms. The monoisotopic (exact) mass is 932 g/mol. The van der Waals surface area contributed by atoms with E-state index in [4.69, 9.17) is 0 Å². The summed E-state index contributed by atoms with van der Waals surface area (Å²) in [6.07, 6.45) is 0.938. The van der Waals surface area contributed by atoms with Gasteiger partial charge in [-0.25, -0.2) is 0 Å². The van der Waals surface area contributed by atoms with E-state index in [0.29, 0.717) is 0 Å². The Morgan fingerprint density at radius 2 is 0.775 bits per heavy atom. The van der Waals surface area contributed by atoms with E-state index in [1.54, 1.807) is 0 Å². The highest BCUT2D eigenvalue weighted by Crippen LogP contribution is 2.59. The largest absolute Gasteiger partial charge is 0.310 e. The lowest BCUT2D eigenvalue weighted by Gasteiger charge is -2.31. The van der Waals surface area contributed by atoms with E-state index in [-0.39, 0.29) is 38.4 Å². The lowest BCUT2D eigenvalue weighted by Crippen LogP contribution is -2.18. The van der Waals surface area contributed by atoms with Gasteiger partial charge in [0.15, 0.2) is 0 Å². The van der Waals surface area contributed by atoms with Gasteiger partial charge in [-0.05, 0) is 159 Å². The normalized spacial score (nSPS) is 14.9. The van der Waals surface area contributed by atoms with Crippen LogP contribution in [0.1, 0.15) is 178 Å². The summed E-state index contributed by atoms with van der Waals surface area (Å²) in [4.78, 5) is 2.50. The van der Waals surface area contributed by atoms with Crippen molar-refractivity contribution in [2.45, 2.75) is 156 Å². The lowest BCUT2D eigenvalue weighted by molar-refractivity contribution is 0.589. The zero-order chi connectivity index (χ0) is 50.8. The Hall–Kier alpha value is -6.18. The van der Waals surface area contributed by atoms with Gasteiger partial charge < -0.3 is 4.90 Å². The second kappa shape index (κ2) is 16.7. The minimum Gasteiger partial charge on any atom is -0.310 e. The molecule has 0 saturated carbocycles. The zero-order valence-electron chi connectivity index (χ0n) is 45.7. The van der Waals surface area contributed by atoms with Gasteiger partial charge in [0.05, 0.1) is 5.69 Å². The quantitative estimate of drug-likeness (QED) is 0.154. The molecule has 10 rings (SSSR count). The standard InChI is InChI=1S/C70H77N/c1-65(2,3)47-26-22-45(23-27-47)56(46-24-28-48(29-25-46)66(4,5)6)39-44-21-38-53-57-41-61-58(42-60(57)69(13,14)59(53)40-44)64-55-20-18-17-19-54(55)63(43-62(64)70(61,15)16)71(51-34-30-49(31-35-51)67(7,8)9)52-36-32-50(33-37-52)68(10,11)12/h17-38,40-43,56H,39H2,1-16H3. The first-order valence-electron chi connectivity index (χ1n) is 26.3. The summed E-state index contributed by atoms with van der Waals surface area (Å²) in [5.74, 6) is 0.240. The van der Waals surface area contributed by atoms with E-state index in [1.165, 1.54) is 111 Å². The summed E-state index contributed by atoms with van der Waals surface area (Å²) >= 11 is 0. The lowest BCUT2D eigenvalue weighted by atomic mass is 9.78. The number of anilines is 3. The third-order valence-corrected chi connectivity index (χ3v) is 16.5. The predicted molar refractivity (Wildman–Crippen MR) is 307 cm³/mol. The fraction of sp³-hybridized carbons (Fsp3) is 0.343. The minimum absolute atomic E-state index is 0.0627. The van der Waals surface area contributed by atoms with Crippen LogP contribution in [0.5, 0.6) is 0 Å². The van der Waals surface area contributed by atoms with Gasteiger partial charge in [-0.2, -0.15) is 0 Å². The van der Waals surface area contributed by atoms with E-state index in [1.807, 2.05) is 0 Å². The number of fused-ring (bicyclic) bond motifs is 8. The van der Waals surface area contributed by atoms with Crippen LogP contribution in [-0.2, 0) is 38.9 Å². The van der Waals surface area contributed by atoms with Gasteiger partial charge in [-0.3, -0.25) is 0 Å². The van der Waals surface area contributed by atoms with Crippen molar-refractivity contribution >= 4 is 27.8 Å². The summed E-state index contributed by atoms with van der Waals surface area (Å²) in [6.45, 7) is 37.4. The maximum absolute atomic E-state index is 2.59. The molecule has 0 amide bonds. The van der Waals surface area contributed by atoms with Crippen LogP contribution in [0.15, 0.2) is 158 Å². The topological polar surface area (TPSA) is 3.24 Å². The molecule has 0 heterocycles. The Morgan fingerprint density at radius 1 is 0.380 bits per heavy atom. The van der Waals surface area contributed by atoms with Gasteiger partial charge in [0.25, 0.3) is 0 Å². The molecule has 362 valence electrons. The van der Waals surface area contributed by atoms with E-state index in [9.17, 15) is 0 Å². The highest BCUT2D eigenvalue weighted by atomic mass is 15.1. The Kier molecular flexibility index (Phi) is 11.4. The molecule has 0 fully saturated rings. The second-order valence-corrected chi connectivity index (χ2v) is 26.4. The van der Waals surface area contributed by atoms with E-state index < -0.39 is 0 Å². The van der Waals surface area contributed by atoms with E-state index >= 15 is 0 Å². The average Bonchev–Trinajstić information content (AvgIpc) is 3.67. The maximum Gasteiger partial charge on any atom is 0.0543 e. The molecule has 0 saturated heterocycles. The fourth-order valence-corrected chi connectivity index (χ4v) is 11.9. The molecule has 8 aromatic carbocycles. The third-order valence-electron chi connectivity index (χ3n) is 16.5. The van der Waals surface area contributed by atoms with E-state index in [2.05, 4.69) is 273 Å². The molecule has 8 aromatic rings. The Labute approximate surface area is 427 Å². The molecule has 0 aromatic heterocycles. The van der Waals surface area contributed by atoms with Crippen LogP contribution in [0.3, 0.4) is 0 Å². The minimum atomic E-state index is -0.235. The van der Waals surface area contributed by atoms with Crippen LogP contribution in [0.25, 0.3) is 33.0 Å². The molecule has 0 N–H and O–H groups in total. The highest BCUT2D eigenvalue weighted by molar-refractivity contribution is 6.10. The van der Waals surface area contributed by atoms with Crippen LogP contribution in [0.2, 0.25) is 0 Å². The molecule has 0 atom stereocenters. The van der Waals surface area contributed by atoms with Crippen LogP contribution < -0.4 is 4.90 Å². The van der Waals surface area contributed by atoms with Gasteiger partial charge in [0, 0.05) is 33.5 Å². The van der Waals surface area contributed by atoms with Crippen molar-refractivity contribution in [2.75, 3.05) is 4.90 Å². The number of benzene rings is 8. The summed E-state index contributed by atoms with van der Waals surface area (Å²) < 4.78 is 0. The van der Waals surface area contributed by atoms with Gasteiger partial charge in [0.2, 0.25) is 0 Å². The highest BCUT2D eigenvalue weighted by Gasteiger charge is 2.43. The smallest absolute Gasteiger partial charge is 0.0543 e. The Morgan fingerprint density at radius 3 is 1.24 bits per heavy atom. The SMILES string of the molecule is CC(C)(C)c1ccc(C(Cc2ccc3c(c2)C(C)(C)c2cc4c(cc2-3)C(C)(C)c2cc(N(c3ccc(C(C)(C)C)cc3)c3ccc(C(C)(C)C)cc3)c3ccccc3c2-4)c2ccc(C(C)(C)C)cc2)cc1. The number of hydrogen-bond acceptors (Lipinski definition) is 1. The molecule has 2 aliphatic rings. The summed E-state index contributed by atoms with van der Waals surface area (Å²) in [6, 6.07) is 61.8. The Bertz CT molecular complexity index is 3190. The maximum atomic E-state index is 2.59. The first-order valence-corrected chi connectivity index (χ1v) is 26.3. The van der Waals surface area contributed by atoms with Crippen LogP contribution in [0.4, 0.5) is 17.1 Å². The molecule has 0 bridgehead atoms. The summed E-state index contributed by atoms with van der Waals surface area (Å²) in [7, 11) is 0. The second-order valence-electron chi connectivity index (χ2n) is 26.4. The van der Waals surface area contributed by atoms with Crippen molar-refractivity contribution in [3.05, 3.63) is 219 Å². The van der Waals surface area contributed by atoms with Crippen molar-refractivity contribution in [1.82, 2.24) is 0 Å². The predicted octanol–water partition coefficient (Wildman–Crippen LogP) is 19.5. The molecule has 1 heteroatoms. The van der Waals surface area contributed by atoms with Crippen LogP contribution >= 0.6 is 0 Å². The third kappa shape index (κ3) is 8.46. The van der Waals surface area contributed by atoms with Crippen molar-refractivity contribution in [3.63, 3.8) is 0 Å². The molecular weight excluding hydrogens is 855 g/mol. The first kappa shape index (κ1) is 48.4. The van der Waals surface area contributed by atoms with Gasteiger partial charge in [-0.1, -0.05) is 226 Å². The van der Waals surface area contributed by atoms with E-state index in [0.717, 1.165) is 6.42 Å². The number of nitrogens with zero attached hydrogens (tertiary/aromatic N) is 1. The molecule has 0 spiro atoms. The van der Waals surface area contributed by atoms with Crippen molar-refractivity contribution in [3.8, 4) is 22.3 Å². The van der Waals surface area contributed by atoms with Crippen molar-refractivity contribution < 1.29 is 0 Å². The molecule has 0 unspecified atom stereocenters.